The van der Waals surface area contributed by atoms with E-state index in [0.717, 1.165) is 16.5 Å². The minimum Gasteiger partial charge on any atom is -0.398 e. The van der Waals surface area contributed by atoms with Crippen LogP contribution in [0.25, 0.3) is 10.9 Å². The zero-order valence-electron chi connectivity index (χ0n) is 10.8. The average Bonchev–Trinajstić information content (AvgIpc) is 2.85. The van der Waals surface area contributed by atoms with Crippen LogP contribution in [-0.2, 0) is 13.1 Å². The number of nitrogens with zero attached hydrogens (tertiary/aromatic N) is 2. The summed E-state index contributed by atoms with van der Waals surface area (Å²) in [7, 11) is 0. The summed E-state index contributed by atoms with van der Waals surface area (Å²) in [6.07, 6.45) is 3.72. The molecule has 3 rings (SSSR count). The molecule has 0 atom stereocenters. The maximum Gasteiger partial charge on any atom is 0.250 e. The molecular formula is C15H14BrN3O. The van der Waals surface area contributed by atoms with Gasteiger partial charge in [-0.25, -0.2) is 0 Å². The van der Waals surface area contributed by atoms with Crippen molar-refractivity contribution in [2.24, 2.45) is 0 Å². The molecule has 4 nitrogen and oxygen atoms in total. The van der Waals surface area contributed by atoms with Gasteiger partial charge in [0.05, 0.1) is 0 Å². The molecule has 3 aromatic rings. The Balaban J connectivity index is 1.89. The largest absolute Gasteiger partial charge is 0.398 e. The maximum atomic E-state index is 11.7. The minimum absolute atomic E-state index is 0.0307. The highest BCUT2D eigenvalue weighted by Gasteiger charge is 2.04. The number of pyridine rings is 1. The molecule has 5 heteroatoms. The second-order valence-corrected chi connectivity index (χ2v) is 5.53. The molecule has 0 aliphatic rings. The molecule has 20 heavy (non-hydrogen) atoms. The molecule has 0 saturated carbocycles. The second kappa shape index (κ2) is 5.17. The van der Waals surface area contributed by atoms with Gasteiger partial charge in [0.2, 0.25) is 0 Å². The highest BCUT2D eigenvalue weighted by atomic mass is 79.9. The van der Waals surface area contributed by atoms with E-state index in [4.69, 9.17) is 5.73 Å². The van der Waals surface area contributed by atoms with Crippen molar-refractivity contribution in [3.63, 3.8) is 0 Å². The first kappa shape index (κ1) is 13.0. The fourth-order valence-electron chi connectivity index (χ4n) is 2.32. The van der Waals surface area contributed by atoms with Crippen LogP contribution < -0.4 is 11.3 Å². The zero-order valence-corrected chi connectivity index (χ0v) is 12.4. The van der Waals surface area contributed by atoms with E-state index < -0.39 is 0 Å². The van der Waals surface area contributed by atoms with Crippen LogP contribution in [0, 0.1) is 0 Å². The van der Waals surface area contributed by atoms with E-state index in [1.807, 2.05) is 18.3 Å². The van der Waals surface area contributed by atoms with Crippen LogP contribution in [0.3, 0.4) is 0 Å². The van der Waals surface area contributed by atoms with Crippen molar-refractivity contribution in [2.75, 3.05) is 5.73 Å². The Morgan fingerprint density at radius 1 is 1.05 bits per heavy atom. The van der Waals surface area contributed by atoms with Gasteiger partial charge in [0.15, 0.2) is 0 Å². The highest BCUT2D eigenvalue weighted by molar-refractivity contribution is 9.10. The lowest BCUT2D eigenvalue weighted by molar-refractivity contribution is 0.578. The zero-order chi connectivity index (χ0) is 14.1. The number of nitrogen functional groups attached to an aromatic ring is 1. The first-order chi connectivity index (χ1) is 9.65. The van der Waals surface area contributed by atoms with Gasteiger partial charge >= 0.3 is 0 Å². The molecule has 1 aromatic carbocycles. The van der Waals surface area contributed by atoms with Gasteiger partial charge in [-0.15, -0.1) is 0 Å². The fourth-order valence-corrected chi connectivity index (χ4v) is 2.81. The SMILES string of the molecule is Nc1ccc(=O)n(CCn2ccc3c(Br)cccc32)c1. The van der Waals surface area contributed by atoms with Crippen molar-refractivity contribution in [1.29, 1.82) is 0 Å². The van der Waals surface area contributed by atoms with Crippen molar-refractivity contribution >= 4 is 32.5 Å². The molecule has 0 aliphatic heterocycles. The Hall–Kier alpha value is -2.01. The lowest BCUT2D eigenvalue weighted by Crippen LogP contribution is -2.21. The summed E-state index contributed by atoms with van der Waals surface area (Å²) in [6, 6.07) is 11.3. The fraction of sp³-hybridized carbons (Fsp3) is 0.133. The molecule has 2 aromatic heterocycles. The van der Waals surface area contributed by atoms with Crippen molar-refractivity contribution in [1.82, 2.24) is 9.13 Å². The first-order valence-electron chi connectivity index (χ1n) is 6.34. The van der Waals surface area contributed by atoms with E-state index in [-0.39, 0.29) is 5.56 Å². The number of hydrogen-bond acceptors (Lipinski definition) is 2. The van der Waals surface area contributed by atoms with Gasteiger partial charge in [0, 0.05) is 52.6 Å². The molecule has 0 unspecified atom stereocenters. The molecule has 2 heterocycles. The standard InChI is InChI=1S/C15H14BrN3O/c16-13-2-1-3-14-12(13)6-7-18(14)8-9-19-10-11(17)4-5-15(19)20/h1-7,10H,8-9,17H2. The number of hydrogen-bond donors (Lipinski definition) is 1. The van der Waals surface area contributed by atoms with E-state index in [9.17, 15) is 4.79 Å². The molecule has 0 saturated heterocycles. The number of anilines is 1. The molecule has 0 bridgehead atoms. The number of aryl methyl sites for hydroxylation is 2. The quantitative estimate of drug-likeness (QED) is 0.802. The molecule has 0 aliphatic carbocycles. The molecule has 0 amide bonds. The van der Waals surface area contributed by atoms with E-state index in [1.165, 1.54) is 11.5 Å². The summed E-state index contributed by atoms with van der Waals surface area (Å²) in [5.74, 6) is 0. The van der Waals surface area contributed by atoms with Crippen LogP contribution in [0.4, 0.5) is 5.69 Å². The lowest BCUT2D eigenvalue weighted by Gasteiger charge is -2.09. The summed E-state index contributed by atoms with van der Waals surface area (Å²) in [4.78, 5) is 11.7. The van der Waals surface area contributed by atoms with Crippen LogP contribution >= 0.6 is 15.9 Å². The predicted molar refractivity (Wildman–Crippen MR) is 84.8 cm³/mol. The van der Waals surface area contributed by atoms with Crippen LogP contribution in [0.1, 0.15) is 0 Å². The van der Waals surface area contributed by atoms with E-state index in [1.54, 1.807) is 16.8 Å². The van der Waals surface area contributed by atoms with Gasteiger partial charge in [-0.05, 0) is 24.3 Å². The second-order valence-electron chi connectivity index (χ2n) is 4.68. The van der Waals surface area contributed by atoms with E-state index >= 15 is 0 Å². The van der Waals surface area contributed by atoms with Gasteiger partial charge in [-0.1, -0.05) is 22.0 Å². The van der Waals surface area contributed by atoms with Crippen molar-refractivity contribution < 1.29 is 0 Å². The van der Waals surface area contributed by atoms with Crippen LogP contribution in [0.5, 0.6) is 0 Å². The minimum atomic E-state index is -0.0307. The molecule has 2 N–H and O–H groups in total. The van der Waals surface area contributed by atoms with Crippen LogP contribution in [-0.4, -0.2) is 9.13 Å². The average molecular weight is 332 g/mol. The smallest absolute Gasteiger partial charge is 0.250 e. The Morgan fingerprint density at radius 3 is 2.70 bits per heavy atom. The van der Waals surface area contributed by atoms with Crippen LogP contribution in [0.2, 0.25) is 0 Å². The Kier molecular flexibility index (Phi) is 3.36. The Morgan fingerprint density at radius 2 is 1.85 bits per heavy atom. The third-order valence-electron chi connectivity index (χ3n) is 3.35. The molecule has 0 fully saturated rings. The summed E-state index contributed by atoms with van der Waals surface area (Å²) in [5, 5.41) is 1.17. The topological polar surface area (TPSA) is 53.0 Å². The van der Waals surface area contributed by atoms with Gasteiger partial charge < -0.3 is 14.9 Å². The first-order valence-corrected chi connectivity index (χ1v) is 7.14. The summed E-state index contributed by atoms with van der Waals surface area (Å²) < 4.78 is 4.85. The molecule has 0 radical (unpaired) electrons. The number of aromatic nitrogens is 2. The third kappa shape index (κ3) is 2.36. The van der Waals surface area contributed by atoms with E-state index in [2.05, 4.69) is 32.6 Å². The molecule has 0 spiro atoms. The van der Waals surface area contributed by atoms with Crippen molar-refractivity contribution in [3.8, 4) is 0 Å². The van der Waals surface area contributed by atoms with Crippen molar-refractivity contribution in [2.45, 2.75) is 13.1 Å². The summed E-state index contributed by atoms with van der Waals surface area (Å²) >= 11 is 3.54. The summed E-state index contributed by atoms with van der Waals surface area (Å²) in [6.45, 7) is 1.32. The van der Waals surface area contributed by atoms with Gasteiger partial charge in [-0.2, -0.15) is 0 Å². The van der Waals surface area contributed by atoms with Gasteiger partial charge in [0.25, 0.3) is 5.56 Å². The number of benzene rings is 1. The third-order valence-corrected chi connectivity index (χ3v) is 4.04. The lowest BCUT2D eigenvalue weighted by atomic mass is 10.2. The van der Waals surface area contributed by atoms with Gasteiger partial charge in [0.1, 0.15) is 0 Å². The number of rotatable bonds is 3. The highest BCUT2D eigenvalue weighted by Crippen LogP contribution is 2.24. The van der Waals surface area contributed by atoms with Crippen molar-refractivity contribution in [3.05, 3.63) is 63.6 Å². The monoisotopic (exact) mass is 331 g/mol. The Labute approximate surface area is 124 Å². The maximum absolute atomic E-state index is 11.7. The Bertz CT molecular complexity index is 819. The predicted octanol–water partition coefficient (Wildman–Crippen LogP) is 2.85. The summed E-state index contributed by atoms with van der Waals surface area (Å²) in [5.41, 5.74) is 7.43. The number of fused-ring (bicyclic) bond motifs is 1. The number of nitrogens with two attached hydrogens (primary N) is 1. The van der Waals surface area contributed by atoms with Gasteiger partial charge in [-0.3, -0.25) is 4.79 Å². The molecular weight excluding hydrogens is 318 g/mol. The normalized spacial score (nSPS) is 11.1. The van der Waals surface area contributed by atoms with Crippen LogP contribution in [0.15, 0.2) is 58.1 Å². The molecule has 102 valence electrons. The van der Waals surface area contributed by atoms with E-state index in [0.29, 0.717) is 12.2 Å². The number of halogens is 1.